The van der Waals surface area contributed by atoms with Crippen molar-refractivity contribution in [2.75, 3.05) is 5.32 Å². The van der Waals surface area contributed by atoms with Crippen LogP contribution in [0.25, 0.3) is 11.5 Å². The summed E-state index contributed by atoms with van der Waals surface area (Å²) in [6.07, 6.45) is 1.54. The predicted octanol–water partition coefficient (Wildman–Crippen LogP) is 2.45. The van der Waals surface area contributed by atoms with Crippen molar-refractivity contribution >= 4 is 23.3 Å². The molecule has 19 heavy (non-hydrogen) atoms. The number of nitrogens with one attached hydrogen (secondary N) is 1. The van der Waals surface area contributed by atoms with Crippen LogP contribution in [0.3, 0.4) is 0 Å². The van der Waals surface area contributed by atoms with Gasteiger partial charge in [-0.15, -0.1) is 5.10 Å². The maximum Gasteiger partial charge on any atom is 0.322 e. The highest BCUT2D eigenvalue weighted by atomic mass is 32.1. The number of hydrogen-bond donors (Lipinski definition) is 1. The van der Waals surface area contributed by atoms with Gasteiger partial charge in [-0.05, 0) is 23.6 Å². The highest BCUT2D eigenvalue weighted by Crippen LogP contribution is 2.22. The Hall–Kier alpha value is -2.54. The first-order valence-corrected chi connectivity index (χ1v) is 6.35. The van der Waals surface area contributed by atoms with E-state index in [2.05, 4.69) is 20.5 Å². The normalized spacial score (nSPS) is 10.3. The van der Waals surface area contributed by atoms with Crippen molar-refractivity contribution in [1.29, 1.82) is 0 Å². The summed E-state index contributed by atoms with van der Waals surface area (Å²) in [6.45, 7) is 0. The molecule has 0 aliphatic heterocycles. The van der Waals surface area contributed by atoms with Gasteiger partial charge in [0.15, 0.2) is 0 Å². The second-order valence-corrected chi connectivity index (χ2v) is 4.37. The Bertz CT molecular complexity index is 679. The van der Waals surface area contributed by atoms with Crippen LogP contribution in [0.2, 0.25) is 0 Å². The third-order valence-corrected chi connectivity index (χ3v) is 2.99. The molecule has 0 aromatic carbocycles. The quantitative estimate of drug-likeness (QED) is 0.792. The maximum absolute atomic E-state index is 11.8. The zero-order chi connectivity index (χ0) is 13.1. The Morgan fingerprint density at radius 3 is 2.95 bits per heavy atom. The number of rotatable bonds is 3. The molecule has 0 aliphatic carbocycles. The minimum atomic E-state index is -0.388. The number of amides is 1. The number of nitrogens with zero attached hydrogens (tertiary/aromatic N) is 3. The van der Waals surface area contributed by atoms with Crippen LogP contribution in [0, 0.1) is 0 Å². The lowest BCUT2D eigenvalue weighted by Crippen LogP contribution is -2.13. The number of anilines is 1. The van der Waals surface area contributed by atoms with Crippen LogP contribution in [-0.2, 0) is 0 Å². The maximum atomic E-state index is 11.8. The summed E-state index contributed by atoms with van der Waals surface area (Å²) < 4.78 is 5.34. The van der Waals surface area contributed by atoms with Gasteiger partial charge in [0.25, 0.3) is 11.8 Å². The average Bonchev–Trinajstić information content (AvgIpc) is 3.10. The predicted molar refractivity (Wildman–Crippen MR) is 69.8 cm³/mol. The molecule has 0 unspecified atom stereocenters. The van der Waals surface area contributed by atoms with Gasteiger partial charge in [0.1, 0.15) is 5.69 Å². The molecule has 3 aromatic heterocycles. The fourth-order valence-corrected chi connectivity index (χ4v) is 2.06. The van der Waals surface area contributed by atoms with Crippen molar-refractivity contribution in [2.45, 2.75) is 0 Å². The minimum absolute atomic E-state index is 0.0526. The first-order valence-electron chi connectivity index (χ1n) is 5.41. The lowest BCUT2D eigenvalue weighted by molar-refractivity contribution is 0.101. The summed E-state index contributed by atoms with van der Waals surface area (Å²) in [5.74, 6) is -0.0151. The number of pyridine rings is 1. The molecule has 3 rings (SSSR count). The fraction of sp³-hybridized carbons (Fsp3) is 0. The van der Waals surface area contributed by atoms with Gasteiger partial charge in [-0.25, -0.2) is 0 Å². The lowest BCUT2D eigenvalue weighted by Gasteiger charge is -1.98. The molecule has 0 bridgehead atoms. The Balaban J connectivity index is 1.76. The van der Waals surface area contributed by atoms with Crippen LogP contribution in [0.4, 0.5) is 6.01 Å². The van der Waals surface area contributed by atoms with Gasteiger partial charge in [-0.3, -0.25) is 15.1 Å². The third-order valence-electron chi connectivity index (χ3n) is 2.31. The molecule has 0 spiro atoms. The van der Waals surface area contributed by atoms with E-state index in [1.54, 1.807) is 24.4 Å². The molecule has 6 nitrogen and oxygen atoms in total. The van der Waals surface area contributed by atoms with Gasteiger partial charge in [-0.2, -0.15) is 11.3 Å². The number of carbonyl (C=O) groups excluding carboxylic acids is 1. The van der Waals surface area contributed by atoms with Gasteiger partial charge in [0.2, 0.25) is 0 Å². The standard InChI is InChI=1S/C12H8N4O2S/c17-10(9-3-1-2-5-13-9)14-12-16-15-11(18-12)8-4-6-19-7-8/h1-7H,(H,14,16,17). The lowest BCUT2D eigenvalue weighted by atomic mass is 10.3. The molecule has 0 saturated carbocycles. The van der Waals surface area contributed by atoms with E-state index in [4.69, 9.17) is 4.42 Å². The molecule has 0 saturated heterocycles. The van der Waals surface area contributed by atoms with Crippen molar-refractivity contribution in [1.82, 2.24) is 15.2 Å². The van der Waals surface area contributed by atoms with Crippen molar-refractivity contribution in [3.63, 3.8) is 0 Å². The zero-order valence-corrected chi connectivity index (χ0v) is 10.4. The molecule has 0 atom stereocenters. The summed E-state index contributed by atoms with van der Waals surface area (Å²) in [5, 5.41) is 13.9. The van der Waals surface area contributed by atoms with Gasteiger partial charge in [0, 0.05) is 17.1 Å². The van der Waals surface area contributed by atoms with Crippen molar-refractivity contribution in [3.05, 3.63) is 46.9 Å². The molecule has 0 aliphatic rings. The van der Waals surface area contributed by atoms with Crippen LogP contribution in [0.15, 0.2) is 45.6 Å². The monoisotopic (exact) mass is 272 g/mol. The molecule has 0 fully saturated rings. The molecule has 7 heteroatoms. The zero-order valence-electron chi connectivity index (χ0n) is 9.61. The van der Waals surface area contributed by atoms with Crippen molar-refractivity contribution in [2.24, 2.45) is 0 Å². The first-order chi connectivity index (χ1) is 9.33. The Labute approximate surface area is 112 Å². The Morgan fingerprint density at radius 1 is 1.26 bits per heavy atom. The van der Waals surface area contributed by atoms with Crippen LogP contribution in [0.5, 0.6) is 0 Å². The molecule has 0 radical (unpaired) electrons. The fourth-order valence-electron chi connectivity index (χ4n) is 1.43. The van der Waals surface area contributed by atoms with E-state index in [-0.39, 0.29) is 17.6 Å². The minimum Gasteiger partial charge on any atom is -0.403 e. The summed E-state index contributed by atoms with van der Waals surface area (Å²) in [5.41, 5.74) is 1.12. The Kier molecular flexibility index (Phi) is 3.03. The van der Waals surface area contributed by atoms with Crippen LogP contribution in [0.1, 0.15) is 10.5 Å². The van der Waals surface area contributed by atoms with E-state index >= 15 is 0 Å². The van der Waals surface area contributed by atoms with Crippen molar-refractivity contribution in [3.8, 4) is 11.5 Å². The molecular weight excluding hydrogens is 264 g/mol. The van der Waals surface area contributed by atoms with Gasteiger partial charge >= 0.3 is 6.01 Å². The van der Waals surface area contributed by atoms with Crippen LogP contribution in [-0.4, -0.2) is 21.1 Å². The summed E-state index contributed by atoms with van der Waals surface area (Å²) in [7, 11) is 0. The van der Waals surface area contributed by atoms with Gasteiger partial charge < -0.3 is 4.42 Å². The molecular formula is C12H8N4O2S. The first kappa shape index (κ1) is 11.5. The van der Waals surface area contributed by atoms with E-state index in [0.29, 0.717) is 5.89 Å². The van der Waals surface area contributed by atoms with Crippen LogP contribution >= 0.6 is 11.3 Å². The van der Waals surface area contributed by atoms with Crippen molar-refractivity contribution < 1.29 is 9.21 Å². The third kappa shape index (κ3) is 2.50. The highest BCUT2D eigenvalue weighted by molar-refractivity contribution is 7.08. The highest BCUT2D eigenvalue weighted by Gasteiger charge is 2.13. The van der Waals surface area contributed by atoms with Gasteiger partial charge in [0.05, 0.1) is 0 Å². The molecule has 94 valence electrons. The smallest absolute Gasteiger partial charge is 0.322 e. The molecule has 3 aromatic rings. The van der Waals surface area contributed by atoms with E-state index in [1.165, 1.54) is 11.3 Å². The summed E-state index contributed by atoms with van der Waals surface area (Å²) in [4.78, 5) is 15.7. The van der Waals surface area contributed by atoms with E-state index < -0.39 is 0 Å². The van der Waals surface area contributed by atoms with E-state index in [9.17, 15) is 4.79 Å². The SMILES string of the molecule is O=C(Nc1nnc(-c2ccsc2)o1)c1ccccn1. The van der Waals surface area contributed by atoms with E-state index in [1.807, 2.05) is 16.8 Å². The Morgan fingerprint density at radius 2 is 2.21 bits per heavy atom. The molecule has 1 N–H and O–H groups in total. The topological polar surface area (TPSA) is 80.9 Å². The largest absolute Gasteiger partial charge is 0.403 e. The van der Waals surface area contributed by atoms with Gasteiger partial charge in [-0.1, -0.05) is 11.2 Å². The van der Waals surface area contributed by atoms with Crippen LogP contribution < -0.4 is 5.32 Å². The van der Waals surface area contributed by atoms with E-state index in [0.717, 1.165) is 5.56 Å². The number of carbonyl (C=O) groups is 1. The molecule has 1 amide bonds. The summed E-state index contributed by atoms with van der Waals surface area (Å²) in [6, 6.07) is 6.98. The number of thiophene rings is 1. The second-order valence-electron chi connectivity index (χ2n) is 3.59. The summed E-state index contributed by atoms with van der Waals surface area (Å²) >= 11 is 1.53. The molecule has 3 heterocycles. The average molecular weight is 272 g/mol. The number of hydrogen-bond acceptors (Lipinski definition) is 6. The number of aromatic nitrogens is 3. The second kappa shape index (κ2) is 4.99.